The first-order valence-corrected chi connectivity index (χ1v) is 7.72. The number of nitrogens with zero attached hydrogens (tertiary/aromatic N) is 1. The first kappa shape index (κ1) is 14.5. The van der Waals surface area contributed by atoms with Crippen LogP contribution in [0.5, 0.6) is 0 Å². The second-order valence-corrected chi connectivity index (χ2v) is 6.96. The molecule has 1 fully saturated rings. The van der Waals surface area contributed by atoms with Gasteiger partial charge in [0.2, 0.25) is 11.8 Å². The van der Waals surface area contributed by atoms with Crippen molar-refractivity contribution < 1.29 is 14.7 Å². The lowest BCUT2D eigenvalue weighted by Crippen LogP contribution is -2.56. The minimum atomic E-state index is -0.810. The molecule has 0 aromatic heterocycles. The number of halogens is 1. The maximum Gasteiger partial charge on any atom is 0.249 e. The lowest BCUT2D eigenvalue weighted by atomic mass is 9.85. The number of nitrogens with one attached hydrogen (secondary N) is 1. The van der Waals surface area contributed by atoms with Crippen LogP contribution in [0.2, 0.25) is 0 Å². The summed E-state index contributed by atoms with van der Waals surface area (Å²) in [6.07, 6.45) is -0.0946. The molecule has 0 radical (unpaired) electrons. The molecule has 2 amide bonds. The summed E-state index contributed by atoms with van der Waals surface area (Å²) >= 11 is 3.53. The van der Waals surface area contributed by atoms with Crippen molar-refractivity contribution in [3.05, 3.63) is 28.2 Å². The molecule has 0 aliphatic carbocycles. The van der Waals surface area contributed by atoms with Gasteiger partial charge in [0.15, 0.2) is 0 Å². The van der Waals surface area contributed by atoms with Crippen molar-refractivity contribution in [3.63, 3.8) is 0 Å². The molecule has 2 aliphatic rings. The van der Waals surface area contributed by atoms with E-state index in [1.807, 2.05) is 32.0 Å². The van der Waals surface area contributed by atoms with E-state index in [1.54, 1.807) is 4.90 Å². The second kappa shape index (κ2) is 4.81. The van der Waals surface area contributed by atoms with Crippen LogP contribution in [0.1, 0.15) is 32.3 Å². The van der Waals surface area contributed by atoms with Crippen LogP contribution in [0.3, 0.4) is 0 Å². The average molecular weight is 353 g/mol. The predicted molar refractivity (Wildman–Crippen MR) is 81.8 cm³/mol. The molecule has 21 heavy (non-hydrogen) atoms. The van der Waals surface area contributed by atoms with Gasteiger partial charge < -0.3 is 10.0 Å². The molecule has 0 bridgehead atoms. The number of hydrogen-bond acceptors (Lipinski definition) is 4. The molecule has 1 saturated heterocycles. The Balaban J connectivity index is 2.07. The Labute approximate surface area is 131 Å². The fourth-order valence-electron chi connectivity index (χ4n) is 3.26. The van der Waals surface area contributed by atoms with E-state index >= 15 is 0 Å². The molecule has 2 unspecified atom stereocenters. The summed E-state index contributed by atoms with van der Waals surface area (Å²) in [5.41, 5.74) is 1.33. The number of hydrogen-bond donors (Lipinski definition) is 2. The number of rotatable bonds is 1. The molecule has 2 N–H and O–H groups in total. The van der Waals surface area contributed by atoms with Crippen molar-refractivity contribution in [2.45, 2.75) is 44.4 Å². The van der Waals surface area contributed by atoms with E-state index in [1.165, 1.54) is 0 Å². The summed E-state index contributed by atoms with van der Waals surface area (Å²) < 4.78 is 0.916. The van der Waals surface area contributed by atoms with Crippen LogP contribution < -0.4 is 10.2 Å². The number of piperidine rings is 1. The van der Waals surface area contributed by atoms with Gasteiger partial charge in [-0.2, -0.15) is 0 Å². The van der Waals surface area contributed by atoms with Gasteiger partial charge in [-0.15, -0.1) is 0 Å². The van der Waals surface area contributed by atoms with Crippen LogP contribution in [0.15, 0.2) is 22.7 Å². The number of aliphatic hydroxyl groups excluding tert-OH is 1. The van der Waals surface area contributed by atoms with E-state index in [-0.39, 0.29) is 11.8 Å². The molecular weight excluding hydrogens is 336 g/mol. The van der Waals surface area contributed by atoms with Gasteiger partial charge in [-0.3, -0.25) is 14.9 Å². The summed E-state index contributed by atoms with van der Waals surface area (Å²) in [5, 5.41) is 13.1. The zero-order valence-electron chi connectivity index (χ0n) is 11.9. The zero-order valence-corrected chi connectivity index (χ0v) is 13.5. The molecule has 2 aliphatic heterocycles. The summed E-state index contributed by atoms with van der Waals surface area (Å²) in [7, 11) is 0. The molecule has 0 saturated carbocycles. The van der Waals surface area contributed by atoms with Gasteiger partial charge in [-0.05, 0) is 24.1 Å². The number of aliphatic hydroxyl groups is 1. The predicted octanol–water partition coefficient (Wildman–Crippen LogP) is 1.67. The largest absolute Gasteiger partial charge is 0.373 e. The van der Waals surface area contributed by atoms with Crippen LogP contribution in [0.25, 0.3) is 0 Å². The van der Waals surface area contributed by atoms with E-state index in [9.17, 15) is 14.7 Å². The quantitative estimate of drug-likeness (QED) is 0.754. The van der Waals surface area contributed by atoms with Crippen molar-refractivity contribution in [2.75, 3.05) is 4.90 Å². The maximum atomic E-state index is 12.1. The van der Waals surface area contributed by atoms with Crippen molar-refractivity contribution in [1.82, 2.24) is 5.32 Å². The number of amides is 2. The van der Waals surface area contributed by atoms with Gasteiger partial charge in [0.25, 0.3) is 0 Å². The van der Waals surface area contributed by atoms with Gasteiger partial charge in [0.1, 0.15) is 12.3 Å². The fourth-order valence-corrected chi connectivity index (χ4v) is 4.13. The van der Waals surface area contributed by atoms with Crippen molar-refractivity contribution >= 4 is 33.4 Å². The van der Waals surface area contributed by atoms with E-state index in [2.05, 4.69) is 21.2 Å². The molecule has 3 rings (SSSR count). The molecule has 1 aromatic carbocycles. The lowest BCUT2D eigenvalue weighted by Gasteiger charge is -2.36. The second-order valence-electron chi connectivity index (χ2n) is 6.10. The van der Waals surface area contributed by atoms with E-state index in [4.69, 9.17) is 0 Å². The molecule has 6 heteroatoms. The third-order valence-electron chi connectivity index (χ3n) is 4.37. The highest BCUT2D eigenvalue weighted by Crippen LogP contribution is 2.48. The van der Waals surface area contributed by atoms with Crippen molar-refractivity contribution in [3.8, 4) is 0 Å². The van der Waals surface area contributed by atoms with Crippen LogP contribution in [-0.4, -0.2) is 29.2 Å². The summed E-state index contributed by atoms with van der Waals surface area (Å²) in [6, 6.07) is 5.20. The number of benzene rings is 1. The minimum absolute atomic E-state index is 0.251. The number of anilines is 1. The SMILES string of the molecule is CC1(C)c2c(Br)cccc2N(C2CCC(=O)NC2=O)C1O. The molecule has 0 spiro atoms. The normalized spacial score (nSPS) is 27.5. The summed E-state index contributed by atoms with van der Waals surface area (Å²) in [4.78, 5) is 25.2. The van der Waals surface area contributed by atoms with Crippen molar-refractivity contribution in [2.24, 2.45) is 0 Å². The highest BCUT2D eigenvalue weighted by atomic mass is 79.9. The average Bonchev–Trinajstić information content (AvgIpc) is 2.60. The molecule has 112 valence electrons. The highest BCUT2D eigenvalue weighted by Gasteiger charge is 2.49. The van der Waals surface area contributed by atoms with E-state index < -0.39 is 17.7 Å². The van der Waals surface area contributed by atoms with Crippen LogP contribution in [-0.2, 0) is 15.0 Å². The minimum Gasteiger partial charge on any atom is -0.373 e. The Bertz CT molecular complexity index is 629. The van der Waals surface area contributed by atoms with E-state index in [0.717, 1.165) is 15.7 Å². The summed E-state index contributed by atoms with van der Waals surface area (Å²) in [6.45, 7) is 3.90. The molecule has 2 heterocycles. The Morgan fingerprint density at radius 2 is 2.10 bits per heavy atom. The molecular formula is C15H17BrN2O3. The van der Waals surface area contributed by atoms with Crippen LogP contribution >= 0.6 is 15.9 Å². The first-order valence-electron chi connectivity index (χ1n) is 6.93. The Morgan fingerprint density at radius 1 is 1.38 bits per heavy atom. The summed E-state index contributed by atoms with van der Waals surface area (Å²) in [5.74, 6) is -0.590. The third-order valence-corrected chi connectivity index (χ3v) is 5.03. The van der Waals surface area contributed by atoms with Gasteiger partial charge in [0, 0.05) is 22.0 Å². The topological polar surface area (TPSA) is 69.6 Å². The van der Waals surface area contributed by atoms with Crippen LogP contribution in [0.4, 0.5) is 5.69 Å². The maximum absolute atomic E-state index is 12.1. The Morgan fingerprint density at radius 3 is 2.76 bits per heavy atom. The van der Waals surface area contributed by atoms with Crippen molar-refractivity contribution in [1.29, 1.82) is 0 Å². The Hall–Kier alpha value is -1.40. The Kier molecular flexibility index (Phi) is 3.33. The third kappa shape index (κ3) is 2.08. The smallest absolute Gasteiger partial charge is 0.249 e. The molecule has 1 aromatic rings. The van der Waals surface area contributed by atoms with Gasteiger partial charge in [-0.25, -0.2) is 0 Å². The zero-order chi connectivity index (χ0) is 15.4. The van der Waals surface area contributed by atoms with Gasteiger partial charge in [-0.1, -0.05) is 35.8 Å². The van der Waals surface area contributed by atoms with E-state index in [0.29, 0.717) is 12.8 Å². The fraction of sp³-hybridized carbons (Fsp3) is 0.467. The van der Waals surface area contributed by atoms with Crippen LogP contribution in [0, 0.1) is 0 Å². The monoisotopic (exact) mass is 352 g/mol. The number of imide groups is 1. The number of carbonyl (C=O) groups excluding carboxylic acids is 2. The lowest BCUT2D eigenvalue weighted by molar-refractivity contribution is -0.134. The standard InChI is InChI=1S/C15H17BrN2O3/c1-15(2)12-8(16)4-3-5-9(12)18(14(15)21)10-6-7-11(19)17-13(10)20/h3-5,10,14,21H,6-7H2,1-2H3,(H,17,19,20). The van der Waals surface area contributed by atoms with Gasteiger partial charge >= 0.3 is 0 Å². The number of carbonyl (C=O) groups is 2. The first-order chi connectivity index (χ1) is 9.84. The highest BCUT2D eigenvalue weighted by molar-refractivity contribution is 9.10. The molecule has 5 nitrogen and oxygen atoms in total. The number of fused-ring (bicyclic) bond motifs is 1. The molecule has 2 atom stereocenters. The van der Waals surface area contributed by atoms with Gasteiger partial charge in [0.05, 0.1) is 0 Å².